The Kier molecular flexibility index (Phi) is 4.23. The number of nitrogens with one attached hydrogen (secondary N) is 1. The Morgan fingerprint density at radius 1 is 1.21 bits per heavy atom. The van der Waals surface area contributed by atoms with E-state index < -0.39 is 0 Å². The minimum absolute atomic E-state index is 0.0355. The van der Waals surface area contributed by atoms with Gasteiger partial charge in [0, 0.05) is 26.3 Å². The summed E-state index contributed by atoms with van der Waals surface area (Å²) in [6, 6.07) is 11.7. The van der Waals surface area contributed by atoms with Crippen molar-refractivity contribution >= 4 is 11.6 Å². The maximum Gasteiger partial charge on any atom is 0.227 e. The first-order chi connectivity index (χ1) is 9.15. The van der Waals surface area contributed by atoms with Crippen LogP contribution in [0.1, 0.15) is 11.3 Å². The lowest BCUT2D eigenvalue weighted by atomic mass is 10.2. The van der Waals surface area contributed by atoms with Crippen LogP contribution in [0, 0.1) is 0 Å². The molecule has 0 saturated heterocycles. The third-order valence-corrected chi connectivity index (χ3v) is 2.86. The van der Waals surface area contributed by atoms with Gasteiger partial charge in [0.25, 0.3) is 0 Å². The summed E-state index contributed by atoms with van der Waals surface area (Å²) in [6.07, 6.45) is 1.85. The second-order valence-corrected chi connectivity index (χ2v) is 4.59. The van der Waals surface area contributed by atoms with Gasteiger partial charge in [-0.15, -0.1) is 0 Å². The highest BCUT2D eigenvalue weighted by atomic mass is 16.3. The van der Waals surface area contributed by atoms with E-state index >= 15 is 0 Å². The summed E-state index contributed by atoms with van der Waals surface area (Å²) in [5, 5.41) is 2.87. The lowest BCUT2D eigenvalue weighted by Crippen LogP contribution is -2.24. The van der Waals surface area contributed by atoms with Crippen molar-refractivity contribution in [1.82, 2.24) is 5.32 Å². The van der Waals surface area contributed by atoms with E-state index in [9.17, 15) is 4.79 Å². The predicted octanol–water partition coefficient (Wildman–Crippen LogP) is 2.20. The zero-order chi connectivity index (χ0) is 13.7. The topological polar surface area (TPSA) is 45.5 Å². The third kappa shape index (κ3) is 3.88. The molecule has 100 valence electrons. The summed E-state index contributed by atoms with van der Waals surface area (Å²) in [7, 11) is 4.00. The van der Waals surface area contributed by atoms with E-state index in [0.717, 1.165) is 11.3 Å². The molecule has 2 rings (SSSR count). The number of furan rings is 1. The monoisotopic (exact) mass is 258 g/mol. The molecule has 0 aliphatic rings. The van der Waals surface area contributed by atoms with Gasteiger partial charge in [-0.25, -0.2) is 0 Å². The SMILES string of the molecule is CN(C)c1ccc(CNC(=O)Cc2ccco2)cc1. The molecule has 1 aromatic heterocycles. The summed E-state index contributed by atoms with van der Waals surface area (Å²) in [4.78, 5) is 13.7. The van der Waals surface area contributed by atoms with Gasteiger partial charge in [-0.2, -0.15) is 0 Å². The Morgan fingerprint density at radius 2 is 1.95 bits per heavy atom. The van der Waals surface area contributed by atoms with Gasteiger partial charge in [-0.3, -0.25) is 4.79 Å². The molecule has 1 N–H and O–H groups in total. The highest BCUT2D eigenvalue weighted by Crippen LogP contribution is 2.12. The number of anilines is 1. The van der Waals surface area contributed by atoms with Crippen molar-refractivity contribution in [2.24, 2.45) is 0 Å². The van der Waals surface area contributed by atoms with Gasteiger partial charge in [0.05, 0.1) is 12.7 Å². The number of nitrogens with zero attached hydrogens (tertiary/aromatic N) is 1. The first-order valence-electron chi connectivity index (χ1n) is 6.20. The zero-order valence-electron chi connectivity index (χ0n) is 11.2. The van der Waals surface area contributed by atoms with Crippen LogP contribution in [0.3, 0.4) is 0 Å². The maximum atomic E-state index is 11.7. The summed E-state index contributed by atoms with van der Waals surface area (Å²) in [5.74, 6) is 0.645. The number of carbonyl (C=O) groups is 1. The summed E-state index contributed by atoms with van der Waals surface area (Å²) >= 11 is 0. The van der Waals surface area contributed by atoms with Gasteiger partial charge in [-0.05, 0) is 29.8 Å². The van der Waals surface area contributed by atoms with E-state index in [0.29, 0.717) is 12.3 Å². The number of hydrogen-bond donors (Lipinski definition) is 1. The van der Waals surface area contributed by atoms with E-state index in [1.165, 1.54) is 0 Å². The minimum atomic E-state index is -0.0355. The van der Waals surface area contributed by atoms with Crippen LogP contribution in [0.4, 0.5) is 5.69 Å². The number of carbonyl (C=O) groups excluding carboxylic acids is 1. The molecule has 19 heavy (non-hydrogen) atoms. The van der Waals surface area contributed by atoms with Crippen LogP contribution >= 0.6 is 0 Å². The van der Waals surface area contributed by atoms with Crippen LogP contribution < -0.4 is 10.2 Å². The second-order valence-electron chi connectivity index (χ2n) is 4.59. The molecule has 1 amide bonds. The van der Waals surface area contributed by atoms with Gasteiger partial charge in [0.2, 0.25) is 5.91 Å². The zero-order valence-corrected chi connectivity index (χ0v) is 11.2. The van der Waals surface area contributed by atoms with E-state index in [1.807, 2.05) is 43.3 Å². The Hall–Kier alpha value is -2.23. The Bertz CT molecular complexity index is 516. The Labute approximate surface area is 113 Å². The van der Waals surface area contributed by atoms with Crippen LogP contribution in [0.25, 0.3) is 0 Å². The Balaban J connectivity index is 1.83. The lowest BCUT2D eigenvalue weighted by molar-refractivity contribution is -0.120. The van der Waals surface area contributed by atoms with Gasteiger partial charge in [0.15, 0.2) is 0 Å². The molecule has 0 atom stereocenters. The summed E-state index contributed by atoms with van der Waals surface area (Å²) in [6.45, 7) is 0.535. The minimum Gasteiger partial charge on any atom is -0.469 e. The largest absolute Gasteiger partial charge is 0.469 e. The molecule has 1 aromatic carbocycles. The summed E-state index contributed by atoms with van der Waals surface area (Å²) in [5.41, 5.74) is 2.23. The fourth-order valence-electron chi connectivity index (χ4n) is 1.75. The molecule has 0 aliphatic heterocycles. The second kappa shape index (κ2) is 6.09. The van der Waals surface area contributed by atoms with Gasteiger partial charge in [-0.1, -0.05) is 12.1 Å². The van der Waals surface area contributed by atoms with Crippen LogP contribution in [-0.2, 0) is 17.8 Å². The van der Waals surface area contributed by atoms with Crippen LogP contribution in [-0.4, -0.2) is 20.0 Å². The number of rotatable bonds is 5. The van der Waals surface area contributed by atoms with Crippen molar-refractivity contribution in [2.75, 3.05) is 19.0 Å². The molecule has 0 bridgehead atoms. The van der Waals surface area contributed by atoms with E-state index in [2.05, 4.69) is 5.32 Å². The van der Waals surface area contributed by atoms with Crippen molar-refractivity contribution in [2.45, 2.75) is 13.0 Å². The average molecular weight is 258 g/mol. The first-order valence-corrected chi connectivity index (χ1v) is 6.20. The molecule has 0 radical (unpaired) electrons. The molecular formula is C15H18N2O2. The lowest BCUT2D eigenvalue weighted by Gasteiger charge is -2.12. The molecule has 0 saturated carbocycles. The molecule has 0 fully saturated rings. The first kappa shape index (κ1) is 13.2. The molecular weight excluding hydrogens is 240 g/mol. The van der Waals surface area contributed by atoms with E-state index in [-0.39, 0.29) is 12.3 Å². The normalized spacial score (nSPS) is 10.2. The predicted molar refractivity (Wildman–Crippen MR) is 75.0 cm³/mol. The van der Waals surface area contributed by atoms with Gasteiger partial charge >= 0.3 is 0 Å². The van der Waals surface area contributed by atoms with E-state index in [4.69, 9.17) is 4.42 Å². The molecule has 1 heterocycles. The molecule has 4 nitrogen and oxygen atoms in total. The Morgan fingerprint density at radius 3 is 2.53 bits per heavy atom. The van der Waals surface area contributed by atoms with Crippen molar-refractivity contribution in [3.8, 4) is 0 Å². The van der Waals surface area contributed by atoms with Crippen LogP contribution in [0.5, 0.6) is 0 Å². The highest BCUT2D eigenvalue weighted by Gasteiger charge is 2.05. The molecule has 4 heteroatoms. The van der Waals surface area contributed by atoms with Crippen molar-refractivity contribution < 1.29 is 9.21 Å². The quantitative estimate of drug-likeness (QED) is 0.894. The van der Waals surface area contributed by atoms with E-state index in [1.54, 1.807) is 18.4 Å². The smallest absolute Gasteiger partial charge is 0.227 e. The highest BCUT2D eigenvalue weighted by molar-refractivity contribution is 5.77. The van der Waals surface area contributed by atoms with Crippen molar-refractivity contribution in [1.29, 1.82) is 0 Å². The van der Waals surface area contributed by atoms with Crippen molar-refractivity contribution in [3.05, 3.63) is 54.0 Å². The maximum absolute atomic E-state index is 11.7. The average Bonchev–Trinajstić information content (AvgIpc) is 2.89. The third-order valence-electron chi connectivity index (χ3n) is 2.86. The number of amides is 1. The van der Waals surface area contributed by atoms with Crippen molar-refractivity contribution in [3.63, 3.8) is 0 Å². The molecule has 0 unspecified atom stereocenters. The van der Waals surface area contributed by atoms with Gasteiger partial charge < -0.3 is 14.6 Å². The molecule has 0 spiro atoms. The fourth-order valence-corrected chi connectivity index (χ4v) is 1.75. The summed E-state index contributed by atoms with van der Waals surface area (Å²) < 4.78 is 5.13. The standard InChI is InChI=1S/C15H18N2O2/c1-17(2)13-7-5-12(6-8-13)11-16-15(18)10-14-4-3-9-19-14/h3-9H,10-11H2,1-2H3,(H,16,18). The van der Waals surface area contributed by atoms with Crippen LogP contribution in [0.2, 0.25) is 0 Å². The number of hydrogen-bond acceptors (Lipinski definition) is 3. The van der Waals surface area contributed by atoms with Gasteiger partial charge in [0.1, 0.15) is 5.76 Å². The number of benzene rings is 1. The molecule has 0 aliphatic carbocycles. The van der Waals surface area contributed by atoms with Crippen LogP contribution in [0.15, 0.2) is 47.1 Å². The molecule has 2 aromatic rings. The fraction of sp³-hybridized carbons (Fsp3) is 0.267.